The van der Waals surface area contributed by atoms with Crippen LogP contribution in [0.5, 0.6) is 11.6 Å². The number of hydrogen-bond acceptors (Lipinski definition) is 4. The molecule has 0 saturated heterocycles. The highest BCUT2D eigenvalue weighted by Gasteiger charge is 2.07. The van der Waals surface area contributed by atoms with Crippen molar-refractivity contribution in [2.24, 2.45) is 0 Å². The Morgan fingerprint density at radius 1 is 1.00 bits per heavy atom. The van der Waals surface area contributed by atoms with Gasteiger partial charge < -0.3 is 15.2 Å². The lowest BCUT2D eigenvalue weighted by Crippen LogP contribution is -1.97. The highest BCUT2D eigenvalue weighted by Crippen LogP contribution is 2.31. The third-order valence-electron chi connectivity index (χ3n) is 3.50. The number of nitrogens with two attached hydrogens (primary N) is 1. The molecule has 116 valence electrons. The summed E-state index contributed by atoms with van der Waals surface area (Å²) >= 11 is 0. The molecule has 3 rings (SSSR count). The van der Waals surface area contributed by atoms with Crippen molar-refractivity contribution < 1.29 is 9.47 Å². The van der Waals surface area contributed by atoms with Gasteiger partial charge in [0, 0.05) is 35.1 Å². The summed E-state index contributed by atoms with van der Waals surface area (Å²) in [6.07, 6.45) is 1.77. The van der Waals surface area contributed by atoms with E-state index in [-0.39, 0.29) is 0 Å². The molecule has 23 heavy (non-hydrogen) atoms. The van der Waals surface area contributed by atoms with Crippen molar-refractivity contribution in [3.05, 3.63) is 72.4 Å². The Morgan fingerprint density at radius 3 is 2.52 bits per heavy atom. The minimum Gasteiger partial charge on any atom is -0.496 e. The van der Waals surface area contributed by atoms with E-state index >= 15 is 0 Å². The van der Waals surface area contributed by atoms with Gasteiger partial charge in [0.1, 0.15) is 12.4 Å². The van der Waals surface area contributed by atoms with Gasteiger partial charge in [-0.05, 0) is 23.8 Å². The topological polar surface area (TPSA) is 57.4 Å². The number of anilines is 1. The average molecular weight is 306 g/mol. The number of hydrogen-bond donors (Lipinski definition) is 1. The molecule has 4 heteroatoms. The quantitative estimate of drug-likeness (QED) is 0.726. The molecule has 1 heterocycles. The van der Waals surface area contributed by atoms with Crippen LogP contribution in [0.25, 0.3) is 11.1 Å². The maximum atomic E-state index is 5.78. The molecule has 1 aromatic heterocycles. The summed E-state index contributed by atoms with van der Waals surface area (Å²) in [6.45, 7) is 0.498. The molecule has 0 radical (unpaired) electrons. The molecule has 0 spiro atoms. The lowest BCUT2D eigenvalue weighted by molar-refractivity contribution is 0.294. The molecular weight excluding hydrogens is 288 g/mol. The second-order valence-electron chi connectivity index (χ2n) is 5.12. The van der Waals surface area contributed by atoms with E-state index in [9.17, 15) is 0 Å². The van der Waals surface area contributed by atoms with Gasteiger partial charge in [-0.15, -0.1) is 0 Å². The van der Waals surface area contributed by atoms with Crippen molar-refractivity contribution in [2.45, 2.75) is 6.61 Å². The Labute approximate surface area is 135 Å². The van der Waals surface area contributed by atoms with Gasteiger partial charge in [0.2, 0.25) is 5.88 Å². The van der Waals surface area contributed by atoms with Gasteiger partial charge in [-0.3, -0.25) is 0 Å². The van der Waals surface area contributed by atoms with Crippen LogP contribution in [-0.4, -0.2) is 12.1 Å². The van der Waals surface area contributed by atoms with E-state index in [0.29, 0.717) is 18.2 Å². The summed E-state index contributed by atoms with van der Waals surface area (Å²) in [4.78, 5) is 4.36. The maximum absolute atomic E-state index is 5.78. The molecule has 0 aliphatic carbocycles. The van der Waals surface area contributed by atoms with Gasteiger partial charge in [0.15, 0.2) is 0 Å². The Bertz CT molecular complexity index is 771. The van der Waals surface area contributed by atoms with Gasteiger partial charge in [-0.2, -0.15) is 0 Å². The first-order chi connectivity index (χ1) is 11.3. The zero-order valence-electron chi connectivity index (χ0n) is 12.9. The standard InChI is InChI=1S/C19H18N2O2/c1-22-18-11-16(20)8-9-17(18)15-7-10-19(21-12-15)23-13-14-5-3-2-4-6-14/h2-12H,13,20H2,1H3. The Balaban J connectivity index is 1.74. The number of ether oxygens (including phenoxy) is 2. The zero-order valence-corrected chi connectivity index (χ0v) is 12.9. The van der Waals surface area contributed by atoms with Gasteiger partial charge in [0.05, 0.1) is 7.11 Å². The number of rotatable bonds is 5. The minimum atomic E-state index is 0.498. The number of pyridine rings is 1. The summed E-state index contributed by atoms with van der Waals surface area (Å²) in [6, 6.07) is 19.4. The molecule has 2 aromatic carbocycles. The summed E-state index contributed by atoms with van der Waals surface area (Å²) in [5.41, 5.74) is 9.46. The van der Waals surface area contributed by atoms with Crippen LogP contribution in [-0.2, 0) is 6.61 Å². The molecule has 0 fully saturated rings. The van der Waals surface area contributed by atoms with Crippen LogP contribution in [0, 0.1) is 0 Å². The average Bonchev–Trinajstić information content (AvgIpc) is 2.61. The van der Waals surface area contributed by atoms with Gasteiger partial charge >= 0.3 is 0 Å². The van der Waals surface area contributed by atoms with Crippen molar-refractivity contribution >= 4 is 5.69 Å². The smallest absolute Gasteiger partial charge is 0.213 e. The fraction of sp³-hybridized carbons (Fsp3) is 0.105. The Morgan fingerprint density at radius 2 is 1.83 bits per heavy atom. The van der Waals surface area contributed by atoms with Crippen LogP contribution in [0.1, 0.15) is 5.56 Å². The number of benzene rings is 2. The molecule has 0 saturated carbocycles. The van der Waals surface area contributed by atoms with Crippen LogP contribution in [0.4, 0.5) is 5.69 Å². The van der Waals surface area contributed by atoms with Crippen molar-refractivity contribution in [3.63, 3.8) is 0 Å². The van der Waals surface area contributed by atoms with Gasteiger partial charge in [-0.25, -0.2) is 4.98 Å². The van der Waals surface area contributed by atoms with Crippen LogP contribution >= 0.6 is 0 Å². The minimum absolute atomic E-state index is 0.498. The summed E-state index contributed by atoms with van der Waals surface area (Å²) < 4.78 is 11.1. The molecular formula is C19H18N2O2. The summed E-state index contributed by atoms with van der Waals surface area (Å²) in [7, 11) is 1.63. The van der Waals surface area contributed by atoms with Crippen molar-refractivity contribution in [2.75, 3.05) is 12.8 Å². The first kappa shape index (κ1) is 14.9. The second kappa shape index (κ2) is 6.83. The lowest BCUT2D eigenvalue weighted by atomic mass is 10.1. The third kappa shape index (κ3) is 3.61. The summed E-state index contributed by atoms with van der Waals surface area (Å²) in [5, 5.41) is 0. The molecule has 0 amide bonds. The highest BCUT2D eigenvalue weighted by atomic mass is 16.5. The zero-order chi connectivity index (χ0) is 16.1. The molecule has 0 unspecified atom stereocenters. The highest BCUT2D eigenvalue weighted by molar-refractivity contribution is 5.72. The normalized spacial score (nSPS) is 10.3. The molecule has 4 nitrogen and oxygen atoms in total. The van der Waals surface area contributed by atoms with Crippen LogP contribution in [0.2, 0.25) is 0 Å². The largest absolute Gasteiger partial charge is 0.496 e. The van der Waals surface area contributed by atoms with Crippen LogP contribution < -0.4 is 15.2 Å². The molecule has 0 bridgehead atoms. The first-order valence-electron chi connectivity index (χ1n) is 7.33. The van der Waals surface area contributed by atoms with Crippen LogP contribution in [0.3, 0.4) is 0 Å². The second-order valence-corrected chi connectivity index (χ2v) is 5.12. The Hall–Kier alpha value is -3.01. The van der Waals surface area contributed by atoms with Gasteiger partial charge in [0.25, 0.3) is 0 Å². The molecule has 0 atom stereocenters. The van der Waals surface area contributed by atoms with E-state index in [4.69, 9.17) is 15.2 Å². The summed E-state index contributed by atoms with van der Waals surface area (Å²) in [5.74, 6) is 1.32. The van der Waals surface area contributed by atoms with E-state index in [1.807, 2.05) is 54.6 Å². The third-order valence-corrected chi connectivity index (χ3v) is 3.50. The predicted octanol–water partition coefficient (Wildman–Crippen LogP) is 3.92. The number of nitrogen functional groups attached to an aromatic ring is 1. The molecule has 2 N–H and O–H groups in total. The maximum Gasteiger partial charge on any atom is 0.213 e. The molecule has 0 aliphatic heterocycles. The molecule has 3 aromatic rings. The van der Waals surface area contributed by atoms with E-state index in [1.54, 1.807) is 19.4 Å². The fourth-order valence-corrected chi connectivity index (χ4v) is 2.30. The fourth-order valence-electron chi connectivity index (χ4n) is 2.30. The molecule has 0 aliphatic rings. The van der Waals surface area contributed by atoms with E-state index in [2.05, 4.69) is 4.98 Å². The number of methoxy groups -OCH3 is 1. The number of aromatic nitrogens is 1. The van der Waals surface area contributed by atoms with Crippen molar-refractivity contribution in [1.29, 1.82) is 0 Å². The van der Waals surface area contributed by atoms with Crippen molar-refractivity contribution in [1.82, 2.24) is 4.98 Å². The SMILES string of the molecule is COc1cc(N)ccc1-c1ccc(OCc2ccccc2)nc1. The van der Waals surface area contributed by atoms with E-state index in [1.165, 1.54) is 0 Å². The van der Waals surface area contributed by atoms with Gasteiger partial charge in [-0.1, -0.05) is 30.3 Å². The lowest BCUT2D eigenvalue weighted by Gasteiger charge is -2.10. The van der Waals surface area contributed by atoms with E-state index < -0.39 is 0 Å². The Kier molecular flexibility index (Phi) is 4.43. The van der Waals surface area contributed by atoms with Crippen LogP contribution in [0.15, 0.2) is 66.9 Å². The first-order valence-corrected chi connectivity index (χ1v) is 7.33. The number of nitrogens with zero attached hydrogens (tertiary/aromatic N) is 1. The monoisotopic (exact) mass is 306 g/mol. The van der Waals surface area contributed by atoms with E-state index in [0.717, 1.165) is 22.4 Å². The predicted molar refractivity (Wildman–Crippen MR) is 91.4 cm³/mol. The van der Waals surface area contributed by atoms with Crippen molar-refractivity contribution in [3.8, 4) is 22.8 Å².